The molecular formula is C21H21BrClN3O. The van der Waals surface area contributed by atoms with E-state index in [1.165, 1.54) is 0 Å². The van der Waals surface area contributed by atoms with Crippen LogP contribution in [-0.4, -0.2) is 44.0 Å². The fourth-order valence-electron chi connectivity index (χ4n) is 3.35. The monoisotopic (exact) mass is 445 g/mol. The lowest BCUT2D eigenvalue weighted by molar-refractivity contribution is 0.409. The third-order valence-corrected chi connectivity index (χ3v) is 5.51. The van der Waals surface area contributed by atoms with Crippen LogP contribution in [0.1, 0.15) is 16.7 Å². The quantitative estimate of drug-likeness (QED) is 0.567. The van der Waals surface area contributed by atoms with Gasteiger partial charge in [-0.1, -0.05) is 39.7 Å². The summed E-state index contributed by atoms with van der Waals surface area (Å²) in [5.41, 5.74) is 3.30. The van der Waals surface area contributed by atoms with Crippen molar-refractivity contribution in [1.29, 1.82) is 0 Å². The molecule has 0 radical (unpaired) electrons. The van der Waals surface area contributed by atoms with Gasteiger partial charge in [0.25, 0.3) is 0 Å². The molecule has 6 heteroatoms. The first-order valence-electron chi connectivity index (χ1n) is 8.87. The van der Waals surface area contributed by atoms with Crippen molar-refractivity contribution in [3.05, 3.63) is 74.0 Å². The van der Waals surface area contributed by atoms with Crippen molar-refractivity contribution in [3.8, 4) is 5.75 Å². The second-order valence-electron chi connectivity index (χ2n) is 6.30. The normalized spacial score (nSPS) is 13.4. The number of aryl methyl sites for hydroxylation is 1. The molecule has 1 aliphatic heterocycles. The summed E-state index contributed by atoms with van der Waals surface area (Å²) in [7, 11) is 1.69. The van der Waals surface area contributed by atoms with Gasteiger partial charge in [-0.15, -0.1) is 0 Å². The summed E-state index contributed by atoms with van der Waals surface area (Å²) >= 11 is 10.1. The van der Waals surface area contributed by atoms with Gasteiger partial charge in [-0.05, 0) is 48.2 Å². The number of aliphatic imine (C=N–C) groups is 1. The number of benzene rings is 2. The Morgan fingerprint density at radius 2 is 2.15 bits per heavy atom. The molecule has 0 saturated heterocycles. The van der Waals surface area contributed by atoms with Gasteiger partial charge < -0.3 is 14.5 Å². The Balaban J connectivity index is 1.87. The third kappa shape index (κ3) is 4.63. The first-order valence-corrected chi connectivity index (χ1v) is 10.0. The average molecular weight is 447 g/mol. The van der Waals surface area contributed by atoms with Crippen molar-refractivity contribution in [3.63, 3.8) is 0 Å². The van der Waals surface area contributed by atoms with E-state index < -0.39 is 0 Å². The minimum Gasteiger partial charge on any atom is -0.496 e. The predicted octanol–water partition coefficient (Wildman–Crippen LogP) is 4.88. The van der Waals surface area contributed by atoms with E-state index in [2.05, 4.69) is 37.8 Å². The first kappa shape index (κ1) is 19.7. The van der Waals surface area contributed by atoms with Crippen LogP contribution in [0.4, 0.5) is 0 Å². The molecular weight excluding hydrogens is 426 g/mol. The van der Waals surface area contributed by atoms with Gasteiger partial charge in [0.2, 0.25) is 6.54 Å². The van der Waals surface area contributed by atoms with Crippen molar-refractivity contribution in [2.24, 2.45) is 4.99 Å². The molecule has 0 aromatic heterocycles. The summed E-state index contributed by atoms with van der Waals surface area (Å²) in [6, 6.07) is 12.0. The van der Waals surface area contributed by atoms with Crippen LogP contribution in [0.5, 0.6) is 5.75 Å². The van der Waals surface area contributed by atoms with E-state index in [4.69, 9.17) is 27.9 Å². The highest BCUT2D eigenvalue weighted by Crippen LogP contribution is 2.28. The van der Waals surface area contributed by atoms with E-state index in [-0.39, 0.29) is 0 Å². The molecule has 0 N–H and O–H groups in total. The minimum atomic E-state index is 0.476. The van der Waals surface area contributed by atoms with E-state index in [1.807, 2.05) is 24.3 Å². The molecule has 0 spiro atoms. The lowest BCUT2D eigenvalue weighted by Crippen LogP contribution is -2.31. The maximum absolute atomic E-state index is 7.05. The molecule has 0 saturated carbocycles. The van der Waals surface area contributed by atoms with Gasteiger partial charge in [0.15, 0.2) is 0 Å². The molecule has 0 amide bonds. The number of methoxy groups -OCH3 is 1. The number of amidine groups is 1. The molecule has 4 nitrogen and oxygen atoms in total. The Bertz CT molecular complexity index is 891. The molecule has 27 heavy (non-hydrogen) atoms. The highest BCUT2D eigenvalue weighted by Gasteiger charge is 2.22. The van der Waals surface area contributed by atoms with E-state index in [1.54, 1.807) is 7.11 Å². The van der Waals surface area contributed by atoms with Crippen molar-refractivity contribution < 1.29 is 4.74 Å². The van der Waals surface area contributed by atoms with E-state index in [9.17, 15) is 0 Å². The lowest BCUT2D eigenvalue weighted by atomic mass is 9.98. The summed E-state index contributed by atoms with van der Waals surface area (Å²) in [6.45, 7) is 9.85. The number of nitrogens with zero attached hydrogens (tertiary/aromatic N) is 3. The van der Waals surface area contributed by atoms with Crippen molar-refractivity contribution >= 4 is 33.4 Å². The van der Waals surface area contributed by atoms with Gasteiger partial charge >= 0.3 is 0 Å². The van der Waals surface area contributed by atoms with Gasteiger partial charge in [0.1, 0.15) is 11.6 Å². The highest BCUT2D eigenvalue weighted by molar-refractivity contribution is 9.10. The lowest BCUT2D eigenvalue weighted by Gasteiger charge is -2.21. The molecule has 2 aromatic carbocycles. The maximum atomic E-state index is 7.05. The Hall–Kier alpha value is -2.03. The highest BCUT2D eigenvalue weighted by atomic mass is 79.9. The molecule has 0 unspecified atom stereocenters. The molecule has 0 bridgehead atoms. The Kier molecular flexibility index (Phi) is 6.76. The number of halogens is 2. The summed E-state index contributed by atoms with van der Waals surface area (Å²) in [4.78, 5) is 10.4. The summed E-state index contributed by atoms with van der Waals surface area (Å²) < 4.78 is 6.53. The van der Waals surface area contributed by atoms with Crippen LogP contribution in [0, 0.1) is 6.57 Å². The van der Waals surface area contributed by atoms with Crippen molar-refractivity contribution in [1.82, 2.24) is 4.90 Å². The van der Waals surface area contributed by atoms with Crippen molar-refractivity contribution in [2.45, 2.75) is 12.8 Å². The molecule has 0 fully saturated rings. The average Bonchev–Trinajstić information content (AvgIpc) is 3.13. The minimum absolute atomic E-state index is 0.476. The smallest absolute Gasteiger partial charge is 0.231 e. The number of hydrogen-bond acceptors (Lipinski definition) is 3. The third-order valence-electron chi connectivity index (χ3n) is 4.66. The molecule has 1 aliphatic rings. The zero-order valence-electron chi connectivity index (χ0n) is 15.2. The standard InChI is InChI=1S/C21H21BrClN3O/c1-24-10-12-26-13-11-25-21(26)18-4-3-5-19(23)17(18)8-6-15-14-16(22)7-9-20(15)27-2/h3-5,7,9,14H,6,8,10-13H2,2H3. The molecule has 2 aromatic rings. The van der Waals surface area contributed by atoms with Crippen LogP contribution < -0.4 is 4.74 Å². The van der Waals surface area contributed by atoms with E-state index in [0.717, 1.165) is 63.7 Å². The SMILES string of the molecule is [C-]#[N+]CCN1CCN=C1c1cccc(Cl)c1CCc1cc(Br)ccc1OC. The summed E-state index contributed by atoms with van der Waals surface area (Å²) in [5.74, 6) is 1.83. The van der Waals surface area contributed by atoms with Gasteiger partial charge in [0.05, 0.1) is 20.2 Å². The van der Waals surface area contributed by atoms with Crippen LogP contribution in [0.2, 0.25) is 5.02 Å². The summed E-state index contributed by atoms with van der Waals surface area (Å²) in [6.07, 6.45) is 1.60. The Labute approximate surface area is 173 Å². The fraction of sp³-hybridized carbons (Fsp3) is 0.333. The number of hydrogen-bond donors (Lipinski definition) is 0. The molecule has 1 heterocycles. The van der Waals surface area contributed by atoms with Crippen LogP contribution in [0.25, 0.3) is 4.85 Å². The van der Waals surface area contributed by atoms with E-state index in [0.29, 0.717) is 13.1 Å². The summed E-state index contributed by atoms with van der Waals surface area (Å²) in [5, 5.41) is 0.751. The zero-order valence-corrected chi connectivity index (χ0v) is 17.6. The van der Waals surface area contributed by atoms with Crippen LogP contribution >= 0.6 is 27.5 Å². The zero-order chi connectivity index (χ0) is 19.2. The van der Waals surface area contributed by atoms with Crippen LogP contribution in [-0.2, 0) is 12.8 Å². The van der Waals surface area contributed by atoms with Crippen molar-refractivity contribution in [2.75, 3.05) is 33.3 Å². The van der Waals surface area contributed by atoms with Gasteiger partial charge in [-0.25, -0.2) is 6.57 Å². The molecule has 140 valence electrons. The van der Waals surface area contributed by atoms with Crippen LogP contribution in [0.15, 0.2) is 45.9 Å². The first-order chi connectivity index (χ1) is 13.1. The second-order valence-corrected chi connectivity index (χ2v) is 7.62. The van der Waals surface area contributed by atoms with Gasteiger partial charge in [-0.2, -0.15) is 0 Å². The second kappa shape index (κ2) is 9.25. The number of ether oxygens (including phenoxy) is 1. The molecule has 3 rings (SSSR count). The van der Waals surface area contributed by atoms with E-state index >= 15 is 0 Å². The maximum Gasteiger partial charge on any atom is 0.231 e. The topological polar surface area (TPSA) is 29.2 Å². The Morgan fingerprint density at radius 3 is 2.93 bits per heavy atom. The molecule has 0 aliphatic carbocycles. The van der Waals surface area contributed by atoms with Crippen LogP contribution in [0.3, 0.4) is 0 Å². The number of rotatable bonds is 7. The fourth-order valence-corrected chi connectivity index (χ4v) is 4.03. The van der Waals surface area contributed by atoms with Gasteiger partial charge in [-0.3, -0.25) is 4.99 Å². The van der Waals surface area contributed by atoms with Gasteiger partial charge in [0, 0.05) is 21.6 Å². The Morgan fingerprint density at radius 1 is 1.30 bits per heavy atom. The largest absolute Gasteiger partial charge is 0.496 e. The molecule has 0 atom stereocenters. The predicted molar refractivity (Wildman–Crippen MR) is 114 cm³/mol.